The standard InChI is InChI=1S/C19H35N7O/c1-16-6-3-4-12-25(16)13-8-17-9-14-26(15-10-17)19(27)20-11-5-7-18-21-22-23-24(18)2/h16-17H,3-15H2,1-2H3,(H,20,27). The molecular weight excluding hydrogens is 342 g/mol. The van der Waals surface area contributed by atoms with Crippen LogP contribution in [0.5, 0.6) is 0 Å². The Kier molecular flexibility index (Phi) is 7.43. The molecule has 0 aromatic carbocycles. The lowest BCUT2D eigenvalue weighted by Gasteiger charge is -2.36. The second-order valence-electron chi connectivity index (χ2n) is 8.15. The number of hydrogen-bond acceptors (Lipinski definition) is 5. The molecule has 1 unspecified atom stereocenters. The minimum atomic E-state index is 0.0780. The van der Waals surface area contributed by atoms with Gasteiger partial charge in [-0.2, -0.15) is 0 Å². The molecule has 2 saturated heterocycles. The Hall–Kier alpha value is -1.70. The van der Waals surface area contributed by atoms with Gasteiger partial charge in [-0.25, -0.2) is 9.48 Å². The Morgan fingerprint density at radius 2 is 2.00 bits per heavy atom. The Bertz CT molecular complexity index is 582. The largest absolute Gasteiger partial charge is 0.338 e. The van der Waals surface area contributed by atoms with Crippen molar-refractivity contribution < 1.29 is 4.79 Å². The molecule has 1 N–H and O–H groups in total. The number of rotatable bonds is 7. The van der Waals surface area contributed by atoms with Crippen molar-refractivity contribution in [2.24, 2.45) is 13.0 Å². The Morgan fingerprint density at radius 1 is 1.19 bits per heavy atom. The summed E-state index contributed by atoms with van der Waals surface area (Å²) >= 11 is 0. The Labute approximate surface area is 162 Å². The zero-order valence-electron chi connectivity index (χ0n) is 16.9. The molecule has 2 aliphatic heterocycles. The number of carbonyl (C=O) groups is 1. The lowest BCUT2D eigenvalue weighted by Crippen LogP contribution is -2.45. The quantitative estimate of drug-likeness (QED) is 0.734. The highest BCUT2D eigenvalue weighted by Crippen LogP contribution is 2.23. The second kappa shape index (κ2) is 10.0. The molecule has 1 aromatic heterocycles. The average molecular weight is 378 g/mol. The molecule has 1 aromatic rings. The fourth-order valence-corrected chi connectivity index (χ4v) is 4.28. The first kappa shape index (κ1) is 20.0. The third-order valence-corrected chi connectivity index (χ3v) is 6.23. The molecule has 0 spiro atoms. The molecular formula is C19H35N7O. The van der Waals surface area contributed by atoms with E-state index in [4.69, 9.17) is 0 Å². The number of urea groups is 1. The summed E-state index contributed by atoms with van der Waals surface area (Å²) in [5, 5.41) is 14.4. The Balaban J connectivity index is 1.28. The summed E-state index contributed by atoms with van der Waals surface area (Å²) in [6, 6.07) is 0.830. The van der Waals surface area contributed by atoms with E-state index in [9.17, 15) is 4.79 Å². The van der Waals surface area contributed by atoms with E-state index < -0.39 is 0 Å². The first-order chi connectivity index (χ1) is 13.1. The molecule has 1 atom stereocenters. The molecule has 0 aliphatic carbocycles. The van der Waals surface area contributed by atoms with Crippen LogP contribution in [0.2, 0.25) is 0 Å². The molecule has 2 fully saturated rings. The zero-order chi connectivity index (χ0) is 19.1. The highest BCUT2D eigenvalue weighted by molar-refractivity contribution is 5.74. The van der Waals surface area contributed by atoms with Crippen LogP contribution in [0.4, 0.5) is 4.79 Å². The van der Waals surface area contributed by atoms with Gasteiger partial charge in [-0.15, -0.1) is 5.10 Å². The average Bonchev–Trinajstić information content (AvgIpc) is 3.09. The number of nitrogens with one attached hydrogen (secondary N) is 1. The van der Waals surface area contributed by atoms with Crippen LogP contribution in [0.15, 0.2) is 0 Å². The number of carbonyl (C=O) groups excluding carboxylic acids is 1. The summed E-state index contributed by atoms with van der Waals surface area (Å²) in [5.74, 6) is 1.62. The minimum Gasteiger partial charge on any atom is -0.338 e. The van der Waals surface area contributed by atoms with Gasteiger partial charge in [0.05, 0.1) is 0 Å². The minimum absolute atomic E-state index is 0.0780. The van der Waals surface area contributed by atoms with Crippen LogP contribution >= 0.6 is 0 Å². The number of hydrogen-bond donors (Lipinski definition) is 1. The molecule has 8 heteroatoms. The van der Waals surface area contributed by atoms with Gasteiger partial charge in [0.2, 0.25) is 0 Å². The second-order valence-corrected chi connectivity index (χ2v) is 8.15. The van der Waals surface area contributed by atoms with Crippen LogP contribution in [-0.4, -0.2) is 74.8 Å². The number of piperidine rings is 2. The van der Waals surface area contributed by atoms with Crippen molar-refractivity contribution in [2.75, 3.05) is 32.7 Å². The third-order valence-electron chi connectivity index (χ3n) is 6.23. The van der Waals surface area contributed by atoms with E-state index in [1.807, 2.05) is 11.9 Å². The summed E-state index contributed by atoms with van der Waals surface area (Å²) < 4.78 is 1.68. The molecule has 0 bridgehead atoms. The Morgan fingerprint density at radius 3 is 2.70 bits per heavy atom. The van der Waals surface area contributed by atoms with Crippen LogP contribution in [0, 0.1) is 5.92 Å². The number of tetrazole rings is 1. The number of aryl methyl sites for hydroxylation is 2. The number of likely N-dealkylation sites (tertiary alicyclic amines) is 2. The molecule has 152 valence electrons. The van der Waals surface area contributed by atoms with Crippen LogP contribution in [0.25, 0.3) is 0 Å². The molecule has 0 radical (unpaired) electrons. The van der Waals surface area contributed by atoms with E-state index in [2.05, 4.69) is 32.7 Å². The SMILES string of the molecule is CC1CCCCN1CCC1CCN(C(=O)NCCCc2nnnn2C)CC1. The van der Waals surface area contributed by atoms with E-state index in [0.717, 1.165) is 56.6 Å². The van der Waals surface area contributed by atoms with E-state index >= 15 is 0 Å². The van der Waals surface area contributed by atoms with Crippen molar-refractivity contribution in [1.29, 1.82) is 0 Å². The maximum Gasteiger partial charge on any atom is 0.317 e. The fourth-order valence-electron chi connectivity index (χ4n) is 4.28. The fraction of sp³-hybridized carbons (Fsp3) is 0.895. The zero-order valence-corrected chi connectivity index (χ0v) is 16.9. The molecule has 8 nitrogen and oxygen atoms in total. The lowest BCUT2D eigenvalue weighted by atomic mass is 9.92. The van der Waals surface area contributed by atoms with E-state index in [1.165, 1.54) is 38.8 Å². The number of amides is 2. The van der Waals surface area contributed by atoms with Gasteiger partial charge in [0.15, 0.2) is 5.82 Å². The van der Waals surface area contributed by atoms with Crippen LogP contribution in [0.1, 0.15) is 57.7 Å². The first-order valence-electron chi connectivity index (χ1n) is 10.6. The summed E-state index contributed by atoms with van der Waals surface area (Å²) in [4.78, 5) is 17.0. The normalized spacial score (nSPS) is 22.1. The molecule has 2 amide bonds. The van der Waals surface area contributed by atoms with Crippen LogP contribution < -0.4 is 5.32 Å². The monoisotopic (exact) mass is 377 g/mol. The summed E-state index contributed by atoms with van der Waals surface area (Å²) in [5.41, 5.74) is 0. The predicted octanol–water partition coefficient (Wildman–Crippen LogP) is 1.83. The van der Waals surface area contributed by atoms with Gasteiger partial charge in [-0.05, 0) is 74.9 Å². The van der Waals surface area contributed by atoms with Gasteiger partial charge < -0.3 is 15.1 Å². The van der Waals surface area contributed by atoms with Crippen molar-refractivity contribution >= 4 is 6.03 Å². The summed E-state index contributed by atoms with van der Waals surface area (Å²) in [7, 11) is 1.84. The maximum absolute atomic E-state index is 12.3. The van der Waals surface area contributed by atoms with Crippen molar-refractivity contribution in [3.05, 3.63) is 5.82 Å². The number of aromatic nitrogens is 4. The van der Waals surface area contributed by atoms with E-state index in [0.29, 0.717) is 6.54 Å². The van der Waals surface area contributed by atoms with E-state index in [-0.39, 0.29) is 6.03 Å². The van der Waals surface area contributed by atoms with Gasteiger partial charge in [0, 0.05) is 39.1 Å². The molecule has 0 saturated carbocycles. The van der Waals surface area contributed by atoms with Gasteiger partial charge in [0.25, 0.3) is 0 Å². The topological polar surface area (TPSA) is 79.2 Å². The highest BCUT2D eigenvalue weighted by atomic mass is 16.2. The first-order valence-corrected chi connectivity index (χ1v) is 10.6. The van der Waals surface area contributed by atoms with Crippen molar-refractivity contribution in [3.63, 3.8) is 0 Å². The van der Waals surface area contributed by atoms with E-state index in [1.54, 1.807) is 4.68 Å². The molecule has 3 heterocycles. The van der Waals surface area contributed by atoms with Crippen molar-refractivity contribution in [1.82, 2.24) is 35.3 Å². The van der Waals surface area contributed by atoms with Crippen LogP contribution in [0.3, 0.4) is 0 Å². The molecule has 27 heavy (non-hydrogen) atoms. The van der Waals surface area contributed by atoms with Gasteiger partial charge in [-0.1, -0.05) is 6.42 Å². The molecule has 2 aliphatic rings. The van der Waals surface area contributed by atoms with Crippen molar-refractivity contribution in [3.8, 4) is 0 Å². The van der Waals surface area contributed by atoms with Gasteiger partial charge in [-0.3, -0.25) is 0 Å². The third kappa shape index (κ3) is 5.89. The van der Waals surface area contributed by atoms with Crippen LogP contribution in [-0.2, 0) is 13.5 Å². The van der Waals surface area contributed by atoms with Crippen molar-refractivity contribution in [2.45, 2.75) is 64.3 Å². The number of nitrogens with zero attached hydrogens (tertiary/aromatic N) is 6. The smallest absolute Gasteiger partial charge is 0.317 e. The summed E-state index contributed by atoms with van der Waals surface area (Å²) in [6.45, 7) is 7.31. The van der Waals surface area contributed by atoms with Gasteiger partial charge >= 0.3 is 6.03 Å². The maximum atomic E-state index is 12.3. The predicted molar refractivity (Wildman–Crippen MR) is 104 cm³/mol. The highest BCUT2D eigenvalue weighted by Gasteiger charge is 2.24. The summed E-state index contributed by atoms with van der Waals surface area (Å²) in [6.07, 6.45) is 9.29. The lowest BCUT2D eigenvalue weighted by molar-refractivity contribution is 0.132. The van der Waals surface area contributed by atoms with Gasteiger partial charge in [0.1, 0.15) is 0 Å². The molecule has 3 rings (SSSR count).